The Bertz CT molecular complexity index is 486. The fraction of sp³-hybridized carbons (Fsp3) is 0.250. The van der Waals surface area contributed by atoms with Gasteiger partial charge in [0.25, 0.3) is 0 Å². The lowest BCUT2D eigenvalue weighted by molar-refractivity contribution is -0.274. The molecule has 1 rings (SSSR count). The molecule has 0 saturated carbocycles. The van der Waals surface area contributed by atoms with E-state index in [0.29, 0.717) is 24.0 Å². The number of thiol groups is 1. The summed E-state index contributed by atoms with van der Waals surface area (Å²) in [5, 5.41) is 0. The van der Waals surface area contributed by atoms with Crippen molar-refractivity contribution in [1.82, 2.24) is 0 Å². The molecule has 96 valence electrons. The third-order valence-electron chi connectivity index (χ3n) is 1.77. The van der Waals surface area contributed by atoms with Gasteiger partial charge in [-0.15, -0.1) is 13.2 Å². The molecule has 0 amide bonds. The molecule has 1 aromatic rings. The van der Waals surface area contributed by atoms with Crippen molar-refractivity contribution in [3.63, 3.8) is 0 Å². The van der Waals surface area contributed by atoms with Gasteiger partial charge in [-0.25, -0.2) is 0 Å². The van der Waals surface area contributed by atoms with Gasteiger partial charge in [-0.2, -0.15) is 12.6 Å². The smallest absolute Gasteiger partial charge is 0.406 e. The molecule has 0 aliphatic rings. The van der Waals surface area contributed by atoms with Crippen LogP contribution >= 0.6 is 12.6 Å². The average molecular weight is 274 g/mol. The normalized spacial score (nSPS) is 10.4. The van der Waals surface area contributed by atoms with E-state index in [1.165, 1.54) is 6.07 Å². The maximum absolute atomic E-state index is 12.1. The van der Waals surface area contributed by atoms with E-state index in [0.717, 1.165) is 12.1 Å². The SMILES string of the molecule is O=Cc1cc(C#CCCS)cc(OC(F)(F)F)c1. The van der Waals surface area contributed by atoms with Crippen molar-refractivity contribution in [3.05, 3.63) is 29.3 Å². The number of benzene rings is 1. The van der Waals surface area contributed by atoms with Crippen molar-refractivity contribution in [2.75, 3.05) is 5.75 Å². The van der Waals surface area contributed by atoms with E-state index < -0.39 is 12.1 Å². The highest BCUT2D eigenvalue weighted by Crippen LogP contribution is 2.24. The summed E-state index contributed by atoms with van der Waals surface area (Å²) in [7, 11) is 0. The molecule has 0 bridgehead atoms. The van der Waals surface area contributed by atoms with Gasteiger partial charge in [0.1, 0.15) is 12.0 Å². The number of ether oxygens (including phenoxy) is 1. The Morgan fingerprint density at radius 1 is 1.33 bits per heavy atom. The first-order valence-electron chi connectivity index (χ1n) is 4.90. The number of carbonyl (C=O) groups is 1. The Morgan fingerprint density at radius 3 is 2.61 bits per heavy atom. The van der Waals surface area contributed by atoms with Crippen LogP contribution in [0.15, 0.2) is 18.2 Å². The number of rotatable bonds is 3. The van der Waals surface area contributed by atoms with E-state index in [-0.39, 0.29) is 5.56 Å². The zero-order valence-electron chi connectivity index (χ0n) is 9.12. The zero-order chi connectivity index (χ0) is 13.6. The van der Waals surface area contributed by atoms with Crippen LogP contribution in [0, 0.1) is 11.8 Å². The van der Waals surface area contributed by atoms with Gasteiger partial charge in [0.15, 0.2) is 0 Å². The molecule has 0 unspecified atom stereocenters. The van der Waals surface area contributed by atoms with Crippen molar-refractivity contribution in [2.45, 2.75) is 12.8 Å². The van der Waals surface area contributed by atoms with Gasteiger partial charge in [-0.3, -0.25) is 4.79 Å². The van der Waals surface area contributed by atoms with Gasteiger partial charge in [0, 0.05) is 23.3 Å². The van der Waals surface area contributed by atoms with Gasteiger partial charge in [-0.1, -0.05) is 11.8 Å². The van der Waals surface area contributed by atoms with E-state index in [9.17, 15) is 18.0 Å². The molecule has 0 aliphatic carbocycles. The van der Waals surface area contributed by atoms with E-state index in [4.69, 9.17) is 0 Å². The lowest BCUT2D eigenvalue weighted by Crippen LogP contribution is -2.17. The first kappa shape index (κ1) is 14.5. The minimum Gasteiger partial charge on any atom is -0.406 e. The molecule has 0 saturated heterocycles. The summed E-state index contributed by atoms with van der Waals surface area (Å²) >= 11 is 3.95. The van der Waals surface area contributed by atoms with Crippen LogP contribution in [0.4, 0.5) is 13.2 Å². The topological polar surface area (TPSA) is 26.3 Å². The van der Waals surface area contributed by atoms with Crippen LogP contribution < -0.4 is 4.74 Å². The summed E-state index contributed by atoms with van der Waals surface area (Å²) in [6, 6.07) is 3.53. The molecule has 0 aliphatic heterocycles. The summed E-state index contributed by atoms with van der Waals surface area (Å²) in [6.07, 6.45) is -3.85. The molecule has 0 spiro atoms. The Hall–Kier alpha value is -1.61. The highest BCUT2D eigenvalue weighted by molar-refractivity contribution is 7.80. The monoisotopic (exact) mass is 274 g/mol. The number of aldehydes is 1. The molecule has 0 radical (unpaired) electrons. The molecule has 0 N–H and O–H groups in total. The van der Waals surface area contributed by atoms with E-state index in [1.807, 2.05) is 0 Å². The number of hydrogen-bond acceptors (Lipinski definition) is 3. The maximum atomic E-state index is 12.1. The van der Waals surface area contributed by atoms with Crippen LogP contribution in [0.2, 0.25) is 0 Å². The fourth-order valence-electron chi connectivity index (χ4n) is 1.18. The van der Waals surface area contributed by atoms with Gasteiger partial charge in [-0.05, 0) is 18.2 Å². The van der Waals surface area contributed by atoms with Crippen LogP contribution in [0.3, 0.4) is 0 Å². The summed E-state index contributed by atoms with van der Waals surface area (Å²) in [4.78, 5) is 10.6. The molecular formula is C12H9F3O2S. The molecule has 0 fully saturated rings. The Labute approximate surface area is 108 Å². The summed E-state index contributed by atoms with van der Waals surface area (Å²) in [5.41, 5.74) is 0.368. The highest BCUT2D eigenvalue weighted by Gasteiger charge is 2.31. The summed E-state index contributed by atoms with van der Waals surface area (Å²) in [6.45, 7) is 0. The maximum Gasteiger partial charge on any atom is 0.573 e. The van der Waals surface area contributed by atoms with Gasteiger partial charge in [0.2, 0.25) is 0 Å². The van der Waals surface area contributed by atoms with Crippen LogP contribution in [0.5, 0.6) is 5.75 Å². The summed E-state index contributed by atoms with van der Waals surface area (Å²) < 4.78 is 39.9. The van der Waals surface area contributed by atoms with Gasteiger partial charge in [0.05, 0.1) is 0 Å². The second-order valence-electron chi connectivity index (χ2n) is 3.23. The third-order valence-corrected chi connectivity index (χ3v) is 1.99. The van der Waals surface area contributed by atoms with E-state index >= 15 is 0 Å². The predicted octanol–water partition coefficient (Wildman–Crippen LogP) is 3.07. The molecule has 1 aromatic carbocycles. The minimum absolute atomic E-state index is 0.0759. The van der Waals surface area contributed by atoms with Crippen LogP contribution in [-0.4, -0.2) is 18.4 Å². The predicted molar refractivity (Wildman–Crippen MR) is 63.9 cm³/mol. The quantitative estimate of drug-likeness (QED) is 0.521. The Kier molecular flexibility index (Phi) is 5.10. The van der Waals surface area contributed by atoms with Gasteiger partial charge >= 0.3 is 6.36 Å². The first-order chi connectivity index (χ1) is 8.44. The number of carbonyl (C=O) groups excluding carboxylic acids is 1. The molecule has 6 heteroatoms. The zero-order valence-corrected chi connectivity index (χ0v) is 10.0. The Balaban J connectivity index is 3.03. The Morgan fingerprint density at radius 2 is 2.06 bits per heavy atom. The molecule has 18 heavy (non-hydrogen) atoms. The van der Waals surface area contributed by atoms with E-state index in [1.54, 1.807) is 0 Å². The first-order valence-corrected chi connectivity index (χ1v) is 5.53. The molecule has 0 aromatic heterocycles. The molecule has 2 nitrogen and oxygen atoms in total. The van der Waals surface area contributed by atoms with Crippen LogP contribution in [0.25, 0.3) is 0 Å². The van der Waals surface area contributed by atoms with Crippen LogP contribution in [0.1, 0.15) is 22.3 Å². The highest BCUT2D eigenvalue weighted by atomic mass is 32.1. The minimum atomic E-state index is -4.79. The van der Waals surface area contributed by atoms with E-state index in [2.05, 4.69) is 29.2 Å². The lowest BCUT2D eigenvalue weighted by Gasteiger charge is -2.09. The molecule has 0 atom stereocenters. The number of alkyl halides is 3. The number of halogens is 3. The van der Waals surface area contributed by atoms with Crippen molar-refractivity contribution < 1.29 is 22.7 Å². The molecular weight excluding hydrogens is 265 g/mol. The van der Waals surface area contributed by atoms with Crippen molar-refractivity contribution >= 4 is 18.9 Å². The largest absolute Gasteiger partial charge is 0.573 e. The van der Waals surface area contributed by atoms with Crippen LogP contribution in [-0.2, 0) is 0 Å². The number of hydrogen-bond donors (Lipinski definition) is 1. The second-order valence-corrected chi connectivity index (χ2v) is 3.68. The second kappa shape index (κ2) is 6.36. The standard InChI is InChI=1S/C12H9F3O2S/c13-12(14,15)17-11-6-9(3-1-2-4-18)5-10(7-11)8-16/h5-8,18H,2,4H2. The van der Waals surface area contributed by atoms with Crippen molar-refractivity contribution in [2.24, 2.45) is 0 Å². The lowest BCUT2D eigenvalue weighted by atomic mass is 10.1. The average Bonchev–Trinajstić information content (AvgIpc) is 2.26. The summed E-state index contributed by atoms with van der Waals surface area (Å²) in [5.74, 6) is 5.45. The van der Waals surface area contributed by atoms with Crippen molar-refractivity contribution in [3.8, 4) is 17.6 Å². The third kappa shape index (κ3) is 5.15. The fourth-order valence-corrected chi connectivity index (χ4v) is 1.29. The molecule has 0 heterocycles. The van der Waals surface area contributed by atoms with Crippen molar-refractivity contribution in [1.29, 1.82) is 0 Å². The van der Waals surface area contributed by atoms with Gasteiger partial charge < -0.3 is 4.74 Å².